The second kappa shape index (κ2) is 3.49. The van der Waals surface area contributed by atoms with Crippen molar-refractivity contribution in [2.45, 2.75) is 13.0 Å². The predicted octanol–water partition coefficient (Wildman–Crippen LogP) is 1.37. The maximum absolute atomic E-state index is 11.9. The molecule has 1 amide bonds. The van der Waals surface area contributed by atoms with Crippen molar-refractivity contribution < 1.29 is 9.53 Å². The Morgan fingerprint density at radius 1 is 1.31 bits per heavy atom. The summed E-state index contributed by atoms with van der Waals surface area (Å²) < 4.78 is 5.33. The van der Waals surface area contributed by atoms with Crippen LogP contribution in [0.2, 0.25) is 0 Å². The zero-order valence-corrected chi connectivity index (χ0v) is 9.12. The molecule has 4 nitrogen and oxygen atoms in total. The van der Waals surface area contributed by atoms with Crippen LogP contribution < -0.4 is 10.6 Å². The van der Waals surface area contributed by atoms with E-state index in [0.29, 0.717) is 13.2 Å². The number of carbonyl (C=O) groups is 1. The summed E-state index contributed by atoms with van der Waals surface area (Å²) in [5.74, 6) is -0.0212. The molecule has 3 rings (SSSR count). The first-order valence-electron chi connectivity index (χ1n) is 5.50. The number of ether oxygens (including phenoxy) is 1. The molecule has 2 aliphatic heterocycles. The molecular formula is C12H14N2O2. The molecule has 1 aromatic carbocycles. The molecule has 1 saturated heterocycles. The SMILES string of the molecule is Cc1ccc2c(c1)NC(=O)C1COCC1N2. The van der Waals surface area contributed by atoms with Gasteiger partial charge >= 0.3 is 0 Å². The van der Waals surface area contributed by atoms with E-state index in [4.69, 9.17) is 4.74 Å². The summed E-state index contributed by atoms with van der Waals surface area (Å²) in [6.07, 6.45) is 0. The summed E-state index contributed by atoms with van der Waals surface area (Å²) in [7, 11) is 0. The van der Waals surface area contributed by atoms with Crippen LogP contribution >= 0.6 is 0 Å². The van der Waals surface area contributed by atoms with Crippen LogP contribution in [0.25, 0.3) is 0 Å². The lowest BCUT2D eigenvalue weighted by Crippen LogP contribution is -2.33. The minimum absolute atomic E-state index is 0.0550. The standard InChI is InChI=1S/C12H14N2O2/c1-7-2-3-9-10(4-7)14-12(15)8-5-16-6-11(8)13-9/h2-4,8,11,13H,5-6H2,1H3,(H,14,15). The molecule has 0 aromatic heterocycles. The maximum Gasteiger partial charge on any atom is 0.232 e. The Morgan fingerprint density at radius 2 is 2.19 bits per heavy atom. The van der Waals surface area contributed by atoms with Gasteiger partial charge in [-0.25, -0.2) is 0 Å². The van der Waals surface area contributed by atoms with E-state index in [1.807, 2.05) is 25.1 Å². The molecule has 0 spiro atoms. The molecule has 2 heterocycles. The van der Waals surface area contributed by atoms with E-state index in [9.17, 15) is 4.79 Å². The van der Waals surface area contributed by atoms with Crippen molar-refractivity contribution in [1.82, 2.24) is 0 Å². The van der Waals surface area contributed by atoms with E-state index < -0.39 is 0 Å². The number of benzene rings is 1. The molecule has 2 atom stereocenters. The predicted molar refractivity (Wildman–Crippen MR) is 61.5 cm³/mol. The molecule has 2 N–H and O–H groups in total. The number of nitrogens with one attached hydrogen (secondary N) is 2. The molecule has 0 saturated carbocycles. The molecule has 4 heteroatoms. The average molecular weight is 218 g/mol. The third-order valence-corrected chi connectivity index (χ3v) is 3.19. The van der Waals surface area contributed by atoms with Crippen LogP contribution in [-0.2, 0) is 9.53 Å². The summed E-state index contributed by atoms with van der Waals surface area (Å²) in [6.45, 7) is 3.13. The molecule has 0 aliphatic carbocycles. The third kappa shape index (κ3) is 1.46. The lowest BCUT2D eigenvalue weighted by atomic mass is 10.0. The van der Waals surface area contributed by atoms with Crippen LogP contribution in [0.15, 0.2) is 18.2 Å². The lowest BCUT2D eigenvalue weighted by Gasteiger charge is -2.14. The van der Waals surface area contributed by atoms with Crippen molar-refractivity contribution in [3.05, 3.63) is 23.8 Å². The number of hydrogen-bond acceptors (Lipinski definition) is 3. The molecular weight excluding hydrogens is 204 g/mol. The van der Waals surface area contributed by atoms with E-state index in [0.717, 1.165) is 16.9 Å². The van der Waals surface area contributed by atoms with Gasteiger partial charge in [-0.3, -0.25) is 4.79 Å². The van der Waals surface area contributed by atoms with E-state index >= 15 is 0 Å². The van der Waals surface area contributed by atoms with E-state index in [-0.39, 0.29) is 17.9 Å². The quantitative estimate of drug-likeness (QED) is 0.691. The summed E-state index contributed by atoms with van der Waals surface area (Å²) in [4.78, 5) is 11.9. The van der Waals surface area contributed by atoms with E-state index in [1.165, 1.54) is 0 Å². The van der Waals surface area contributed by atoms with Crippen molar-refractivity contribution in [3.63, 3.8) is 0 Å². The first-order valence-corrected chi connectivity index (χ1v) is 5.50. The van der Waals surface area contributed by atoms with Crippen molar-refractivity contribution in [2.24, 2.45) is 5.92 Å². The van der Waals surface area contributed by atoms with Gasteiger partial charge in [-0.2, -0.15) is 0 Å². The van der Waals surface area contributed by atoms with Crippen LogP contribution in [0, 0.1) is 12.8 Å². The summed E-state index contributed by atoms with van der Waals surface area (Å²) in [5, 5.41) is 6.32. The number of fused-ring (bicyclic) bond motifs is 2. The fraction of sp³-hybridized carbons (Fsp3) is 0.417. The molecule has 2 unspecified atom stereocenters. The van der Waals surface area contributed by atoms with Gasteiger partial charge in [0.05, 0.1) is 36.5 Å². The van der Waals surface area contributed by atoms with Gasteiger partial charge in [-0.05, 0) is 24.6 Å². The minimum Gasteiger partial charge on any atom is -0.378 e. The Morgan fingerprint density at radius 3 is 3.06 bits per heavy atom. The number of aryl methyl sites for hydroxylation is 1. The first kappa shape index (κ1) is 9.66. The van der Waals surface area contributed by atoms with Crippen LogP contribution in [-0.4, -0.2) is 25.2 Å². The zero-order chi connectivity index (χ0) is 11.1. The molecule has 2 aliphatic rings. The molecule has 1 fully saturated rings. The van der Waals surface area contributed by atoms with Crippen LogP contribution in [0.3, 0.4) is 0 Å². The first-order chi connectivity index (χ1) is 7.74. The van der Waals surface area contributed by atoms with Crippen LogP contribution in [0.4, 0.5) is 11.4 Å². The van der Waals surface area contributed by atoms with Crippen LogP contribution in [0.5, 0.6) is 0 Å². The van der Waals surface area contributed by atoms with Gasteiger partial charge in [-0.15, -0.1) is 0 Å². The fourth-order valence-corrected chi connectivity index (χ4v) is 2.27. The smallest absolute Gasteiger partial charge is 0.232 e. The zero-order valence-electron chi connectivity index (χ0n) is 9.12. The third-order valence-electron chi connectivity index (χ3n) is 3.19. The number of hydrogen-bond donors (Lipinski definition) is 2. The van der Waals surface area contributed by atoms with Crippen molar-refractivity contribution >= 4 is 17.3 Å². The Balaban J connectivity index is 2.01. The highest BCUT2D eigenvalue weighted by Gasteiger charge is 2.36. The van der Waals surface area contributed by atoms with Gasteiger partial charge in [0.1, 0.15) is 0 Å². The van der Waals surface area contributed by atoms with Gasteiger partial charge in [0.15, 0.2) is 0 Å². The molecule has 0 radical (unpaired) electrons. The lowest BCUT2D eigenvalue weighted by molar-refractivity contribution is -0.119. The van der Waals surface area contributed by atoms with Crippen LogP contribution in [0.1, 0.15) is 5.56 Å². The highest BCUT2D eigenvalue weighted by molar-refractivity contribution is 5.98. The maximum atomic E-state index is 11.9. The van der Waals surface area contributed by atoms with E-state index in [2.05, 4.69) is 10.6 Å². The Kier molecular flexibility index (Phi) is 2.11. The normalized spacial score (nSPS) is 27.4. The number of rotatable bonds is 0. The van der Waals surface area contributed by atoms with Gasteiger partial charge in [0.25, 0.3) is 0 Å². The number of carbonyl (C=O) groups excluding carboxylic acids is 1. The van der Waals surface area contributed by atoms with Crippen molar-refractivity contribution in [2.75, 3.05) is 23.8 Å². The minimum atomic E-state index is -0.0762. The summed E-state index contributed by atoms with van der Waals surface area (Å²) >= 11 is 0. The fourth-order valence-electron chi connectivity index (χ4n) is 2.27. The number of anilines is 2. The number of amides is 1. The Bertz CT molecular complexity index is 445. The largest absolute Gasteiger partial charge is 0.378 e. The van der Waals surface area contributed by atoms with Gasteiger partial charge < -0.3 is 15.4 Å². The Hall–Kier alpha value is -1.55. The van der Waals surface area contributed by atoms with Crippen molar-refractivity contribution in [1.29, 1.82) is 0 Å². The molecule has 16 heavy (non-hydrogen) atoms. The molecule has 1 aromatic rings. The average Bonchev–Trinajstić information content (AvgIpc) is 2.65. The second-order valence-corrected chi connectivity index (χ2v) is 4.43. The summed E-state index contributed by atoms with van der Waals surface area (Å²) in [6, 6.07) is 6.13. The highest BCUT2D eigenvalue weighted by atomic mass is 16.5. The second-order valence-electron chi connectivity index (χ2n) is 4.43. The van der Waals surface area contributed by atoms with Gasteiger partial charge in [-0.1, -0.05) is 6.07 Å². The van der Waals surface area contributed by atoms with Gasteiger partial charge in [0, 0.05) is 0 Å². The van der Waals surface area contributed by atoms with E-state index in [1.54, 1.807) is 0 Å². The molecule has 84 valence electrons. The molecule has 0 bridgehead atoms. The highest BCUT2D eigenvalue weighted by Crippen LogP contribution is 2.31. The Labute approximate surface area is 94.0 Å². The topological polar surface area (TPSA) is 50.4 Å². The van der Waals surface area contributed by atoms with Crippen molar-refractivity contribution in [3.8, 4) is 0 Å². The van der Waals surface area contributed by atoms with Gasteiger partial charge in [0.2, 0.25) is 5.91 Å². The monoisotopic (exact) mass is 218 g/mol. The summed E-state index contributed by atoms with van der Waals surface area (Å²) in [5.41, 5.74) is 3.00.